The van der Waals surface area contributed by atoms with Crippen molar-refractivity contribution >= 4 is 34.1 Å². The molecule has 6 heteroatoms. The molecule has 1 aliphatic rings. The fraction of sp³-hybridized carbons (Fsp3) is 0.300. The van der Waals surface area contributed by atoms with Crippen LogP contribution >= 0.6 is 12.2 Å². The van der Waals surface area contributed by atoms with Crippen molar-refractivity contribution < 1.29 is 14.6 Å². The van der Waals surface area contributed by atoms with Gasteiger partial charge in [-0.2, -0.15) is 0 Å². The van der Waals surface area contributed by atoms with Crippen LogP contribution in [0.4, 0.5) is 0 Å². The second-order valence-corrected chi connectivity index (χ2v) is 6.66. The van der Waals surface area contributed by atoms with Gasteiger partial charge in [-0.25, -0.2) is 4.79 Å². The van der Waals surface area contributed by atoms with E-state index in [4.69, 9.17) is 17.0 Å². The first-order valence-electron chi connectivity index (χ1n) is 8.63. The molecule has 136 valence electrons. The Morgan fingerprint density at radius 3 is 2.81 bits per heavy atom. The number of aliphatic hydroxyl groups is 1. The Morgan fingerprint density at radius 1 is 1.23 bits per heavy atom. The fourth-order valence-electron chi connectivity index (χ4n) is 3.21. The second kappa shape index (κ2) is 8.29. The number of nitrogens with one attached hydrogen (secondary N) is 2. The maximum Gasteiger partial charge on any atom is 0.337 e. The number of rotatable bonds is 6. The Balaban J connectivity index is 1.58. The van der Waals surface area contributed by atoms with Crippen LogP contribution in [0.2, 0.25) is 0 Å². The molecule has 0 saturated heterocycles. The summed E-state index contributed by atoms with van der Waals surface area (Å²) in [6.45, 7) is 1.85. The predicted molar refractivity (Wildman–Crippen MR) is 106 cm³/mol. The van der Waals surface area contributed by atoms with Crippen LogP contribution in [0.25, 0.3) is 10.8 Å². The average Bonchev–Trinajstić information content (AvgIpc) is 2.64. The normalized spacial score (nSPS) is 17.0. The van der Waals surface area contributed by atoms with E-state index in [1.54, 1.807) is 6.92 Å². The van der Waals surface area contributed by atoms with Crippen molar-refractivity contribution in [2.24, 2.45) is 0 Å². The zero-order valence-corrected chi connectivity index (χ0v) is 15.4. The monoisotopic (exact) mass is 370 g/mol. The quantitative estimate of drug-likeness (QED) is 0.412. The number of fused-ring (bicyclic) bond motifs is 1. The third-order valence-corrected chi connectivity index (χ3v) is 4.68. The molecule has 5 nitrogen and oxygen atoms in total. The summed E-state index contributed by atoms with van der Waals surface area (Å²) in [5, 5.41) is 18.1. The van der Waals surface area contributed by atoms with Gasteiger partial charge in [0.05, 0.1) is 24.8 Å². The standard InChI is InChI=1S/C20H22N2O3S/c1-13-18(17(12-23)22-20(26)21-13)19(24)25-11-5-9-15-8-4-7-14-6-2-3-10-16(14)15/h2-4,6-8,10,17,23H,5,9,11-12H2,1H3,(H2,21,22,26). The maximum absolute atomic E-state index is 12.4. The van der Waals surface area contributed by atoms with Gasteiger partial charge in [0, 0.05) is 5.70 Å². The van der Waals surface area contributed by atoms with E-state index in [1.165, 1.54) is 16.3 Å². The number of aliphatic hydroxyl groups excluding tert-OH is 1. The molecular weight excluding hydrogens is 348 g/mol. The number of hydrogen-bond donors (Lipinski definition) is 3. The lowest BCUT2D eigenvalue weighted by Crippen LogP contribution is -2.51. The van der Waals surface area contributed by atoms with Gasteiger partial charge in [0.15, 0.2) is 5.11 Å². The van der Waals surface area contributed by atoms with Crippen molar-refractivity contribution in [3.8, 4) is 0 Å². The number of thiocarbonyl (C=S) groups is 1. The number of benzene rings is 2. The van der Waals surface area contributed by atoms with Gasteiger partial charge in [-0.15, -0.1) is 0 Å². The summed E-state index contributed by atoms with van der Waals surface area (Å²) in [5.41, 5.74) is 2.26. The lowest BCUT2D eigenvalue weighted by atomic mass is 10.0. The smallest absolute Gasteiger partial charge is 0.337 e. The van der Waals surface area contributed by atoms with Crippen molar-refractivity contribution in [2.45, 2.75) is 25.8 Å². The van der Waals surface area contributed by atoms with Crippen molar-refractivity contribution in [3.63, 3.8) is 0 Å². The zero-order chi connectivity index (χ0) is 18.5. The highest BCUT2D eigenvalue weighted by molar-refractivity contribution is 7.80. The Morgan fingerprint density at radius 2 is 2.00 bits per heavy atom. The highest BCUT2D eigenvalue weighted by Gasteiger charge is 2.28. The molecule has 26 heavy (non-hydrogen) atoms. The Kier molecular flexibility index (Phi) is 5.85. The summed E-state index contributed by atoms with van der Waals surface area (Å²) in [4.78, 5) is 12.4. The number of aryl methyl sites for hydroxylation is 1. The summed E-state index contributed by atoms with van der Waals surface area (Å²) < 4.78 is 5.42. The molecule has 0 amide bonds. The van der Waals surface area contributed by atoms with Gasteiger partial charge >= 0.3 is 5.97 Å². The number of allylic oxidation sites excluding steroid dienone is 1. The van der Waals surface area contributed by atoms with Crippen molar-refractivity contribution in [1.82, 2.24) is 10.6 Å². The molecule has 2 aromatic carbocycles. The van der Waals surface area contributed by atoms with Crippen molar-refractivity contribution in [1.29, 1.82) is 0 Å². The number of esters is 1. The molecule has 0 bridgehead atoms. The number of carbonyl (C=O) groups is 1. The average molecular weight is 370 g/mol. The number of ether oxygens (including phenoxy) is 1. The van der Waals surface area contributed by atoms with Gasteiger partial charge in [0.1, 0.15) is 0 Å². The Hall–Kier alpha value is -2.44. The number of hydrogen-bond acceptors (Lipinski definition) is 4. The molecule has 1 aliphatic heterocycles. The molecule has 1 atom stereocenters. The second-order valence-electron chi connectivity index (χ2n) is 6.25. The van der Waals surface area contributed by atoms with Crippen LogP contribution in [0, 0.1) is 0 Å². The molecule has 0 fully saturated rings. The lowest BCUT2D eigenvalue weighted by molar-refractivity contribution is -0.139. The van der Waals surface area contributed by atoms with Crippen LogP contribution in [0.3, 0.4) is 0 Å². The molecule has 3 rings (SSSR count). The van der Waals surface area contributed by atoms with Gasteiger partial charge in [0.25, 0.3) is 0 Å². The zero-order valence-electron chi connectivity index (χ0n) is 14.6. The minimum Gasteiger partial charge on any atom is -0.462 e. The summed E-state index contributed by atoms with van der Waals surface area (Å²) in [5.74, 6) is -0.429. The first kappa shape index (κ1) is 18.4. The van der Waals surface area contributed by atoms with E-state index in [-0.39, 0.29) is 6.61 Å². The molecule has 0 aromatic heterocycles. The molecule has 1 heterocycles. The van der Waals surface area contributed by atoms with E-state index in [0.717, 1.165) is 12.8 Å². The Bertz CT molecular complexity index is 858. The Labute approximate surface area is 158 Å². The molecule has 0 saturated carbocycles. The summed E-state index contributed by atoms with van der Waals surface area (Å²) >= 11 is 5.04. The molecule has 0 spiro atoms. The highest BCUT2D eigenvalue weighted by Crippen LogP contribution is 2.20. The fourth-order valence-corrected chi connectivity index (χ4v) is 3.51. The van der Waals surface area contributed by atoms with Crippen molar-refractivity contribution in [2.75, 3.05) is 13.2 Å². The predicted octanol–water partition coefficient (Wildman–Crippen LogP) is 2.43. The van der Waals surface area contributed by atoms with E-state index in [1.807, 2.05) is 18.2 Å². The molecule has 1 unspecified atom stereocenters. The van der Waals surface area contributed by atoms with Gasteiger partial charge in [-0.1, -0.05) is 42.5 Å². The molecule has 0 aliphatic carbocycles. The molecule has 0 radical (unpaired) electrons. The largest absolute Gasteiger partial charge is 0.462 e. The molecule has 2 aromatic rings. The van der Waals surface area contributed by atoms with Crippen LogP contribution in [-0.2, 0) is 16.0 Å². The van der Waals surface area contributed by atoms with Gasteiger partial charge < -0.3 is 20.5 Å². The van der Waals surface area contributed by atoms with Crippen LogP contribution < -0.4 is 10.6 Å². The van der Waals surface area contributed by atoms with Crippen molar-refractivity contribution in [3.05, 3.63) is 59.3 Å². The topological polar surface area (TPSA) is 70.6 Å². The van der Waals surface area contributed by atoms with E-state index < -0.39 is 12.0 Å². The van der Waals surface area contributed by atoms with Gasteiger partial charge in [0.2, 0.25) is 0 Å². The lowest BCUT2D eigenvalue weighted by Gasteiger charge is -2.28. The SMILES string of the molecule is CC1=C(C(=O)OCCCc2cccc3ccccc23)C(CO)NC(=S)N1. The van der Waals surface area contributed by atoms with Crippen LogP contribution in [0.5, 0.6) is 0 Å². The van der Waals surface area contributed by atoms with Gasteiger partial charge in [-0.05, 0) is 48.3 Å². The number of carbonyl (C=O) groups excluding carboxylic acids is 1. The van der Waals surface area contributed by atoms with Gasteiger partial charge in [-0.3, -0.25) is 0 Å². The van der Waals surface area contributed by atoms with Crippen LogP contribution in [0.1, 0.15) is 18.9 Å². The van der Waals surface area contributed by atoms with E-state index in [0.29, 0.717) is 23.0 Å². The maximum atomic E-state index is 12.4. The molecule has 3 N–H and O–H groups in total. The minimum absolute atomic E-state index is 0.223. The third-order valence-electron chi connectivity index (χ3n) is 4.46. The minimum atomic E-state index is -0.533. The first-order valence-corrected chi connectivity index (χ1v) is 9.04. The van der Waals surface area contributed by atoms with E-state index in [2.05, 4.69) is 34.9 Å². The third kappa shape index (κ3) is 4.03. The first-order chi connectivity index (χ1) is 12.6. The highest BCUT2D eigenvalue weighted by atomic mass is 32.1. The van der Waals surface area contributed by atoms with E-state index in [9.17, 15) is 9.90 Å². The summed E-state index contributed by atoms with van der Waals surface area (Å²) in [6.07, 6.45) is 1.56. The molecular formula is C20H22N2O3S. The summed E-state index contributed by atoms with van der Waals surface area (Å²) in [7, 11) is 0. The van der Waals surface area contributed by atoms with E-state index >= 15 is 0 Å². The summed E-state index contributed by atoms with van der Waals surface area (Å²) in [6, 6.07) is 14.0. The van der Waals surface area contributed by atoms with Crippen LogP contribution in [0.15, 0.2) is 53.7 Å². The van der Waals surface area contributed by atoms with Crippen LogP contribution in [-0.4, -0.2) is 35.4 Å².